The van der Waals surface area contributed by atoms with Crippen LogP contribution in [0.15, 0.2) is 77.9 Å². The molecule has 0 radical (unpaired) electrons. The number of rotatable bonds is 4. The molecule has 4 rings (SSSR count). The number of aryl methyl sites for hydroxylation is 1. The molecule has 2 heterocycles. The van der Waals surface area contributed by atoms with Crippen LogP contribution in [-0.4, -0.2) is 27.6 Å². The van der Waals surface area contributed by atoms with E-state index in [1.165, 1.54) is 0 Å². The van der Waals surface area contributed by atoms with Crippen molar-refractivity contribution in [1.29, 1.82) is 0 Å². The topological polar surface area (TPSA) is 52.3 Å². The molecule has 2 aromatic heterocycles. The molecule has 0 bridgehead atoms. The molecular weight excluding hydrogens is 324 g/mol. The Hall–Kier alpha value is -3.47. The Balaban J connectivity index is 1.93. The molecule has 0 spiro atoms. The van der Waals surface area contributed by atoms with Crippen LogP contribution in [0.2, 0.25) is 0 Å². The zero-order valence-electron chi connectivity index (χ0n) is 14.6. The van der Waals surface area contributed by atoms with Crippen LogP contribution < -0.4 is 4.74 Å². The third-order valence-corrected chi connectivity index (χ3v) is 4.08. The van der Waals surface area contributed by atoms with E-state index >= 15 is 0 Å². The molecular formula is C21H18N4O. The first-order valence-electron chi connectivity index (χ1n) is 8.32. The van der Waals surface area contributed by atoms with E-state index < -0.39 is 0 Å². The van der Waals surface area contributed by atoms with Gasteiger partial charge < -0.3 is 4.74 Å². The molecule has 0 fully saturated rings. The minimum atomic E-state index is 0.459. The zero-order chi connectivity index (χ0) is 17.9. The summed E-state index contributed by atoms with van der Waals surface area (Å²) in [5.41, 5.74) is 4.26. The first kappa shape index (κ1) is 16.0. The fraction of sp³-hybridized carbons (Fsp3) is 0.0952. The number of aromatic nitrogens is 3. The fourth-order valence-electron chi connectivity index (χ4n) is 2.88. The zero-order valence-corrected chi connectivity index (χ0v) is 14.6. The van der Waals surface area contributed by atoms with Crippen molar-refractivity contribution in [1.82, 2.24) is 14.8 Å². The van der Waals surface area contributed by atoms with Crippen LogP contribution in [0, 0.1) is 0 Å². The summed E-state index contributed by atoms with van der Waals surface area (Å²) in [6.45, 7) is 0. The summed E-state index contributed by atoms with van der Waals surface area (Å²) in [5, 5.41) is 5.26. The lowest BCUT2D eigenvalue weighted by Crippen LogP contribution is -2.03. The van der Waals surface area contributed by atoms with Gasteiger partial charge in [0.25, 0.3) is 0 Å². The van der Waals surface area contributed by atoms with Gasteiger partial charge >= 0.3 is 0 Å². The second-order valence-corrected chi connectivity index (χ2v) is 5.92. The molecule has 0 atom stereocenters. The third-order valence-electron chi connectivity index (χ3n) is 4.08. The number of hydrogen-bond acceptors (Lipinski definition) is 4. The smallest absolute Gasteiger partial charge is 0.241 e. The maximum Gasteiger partial charge on any atom is 0.241 e. The van der Waals surface area contributed by atoms with E-state index in [2.05, 4.69) is 10.1 Å². The normalized spacial score (nSPS) is 10.7. The van der Waals surface area contributed by atoms with E-state index in [1.807, 2.05) is 80.0 Å². The van der Waals surface area contributed by atoms with Crippen molar-refractivity contribution in [3.05, 3.63) is 84.1 Å². The maximum absolute atomic E-state index is 5.47. The summed E-state index contributed by atoms with van der Waals surface area (Å²) < 4.78 is 7.20. The molecule has 5 nitrogen and oxygen atoms in total. The van der Waals surface area contributed by atoms with Crippen LogP contribution in [0.4, 0.5) is 5.69 Å². The molecule has 0 aliphatic heterocycles. The SMILES string of the molecule is COc1nc2nn(C)cc2cc1N=C(c1ccccc1)c1ccccc1. The molecule has 0 saturated carbocycles. The molecule has 0 aliphatic rings. The largest absolute Gasteiger partial charge is 0.479 e. The molecule has 26 heavy (non-hydrogen) atoms. The van der Waals surface area contributed by atoms with Crippen molar-refractivity contribution in [3.63, 3.8) is 0 Å². The van der Waals surface area contributed by atoms with Crippen LogP contribution in [0.5, 0.6) is 5.88 Å². The second kappa shape index (κ2) is 6.80. The molecule has 0 aliphatic carbocycles. The summed E-state index contributed by atoms with van der Waals surface area (Å²) in [7, 11) is 3.47. The third kappa shape index (κ3) is 3.07. The van der Waals surface area contributed by atoms with Gasteiger partial charge in [-0.3, -0.25) is 4.68 Å². The summed E-state index contributed by atoms with van der Waals surface area (Å²) in [4.78, 5) is 9.42. The van der Waals surface area contributed by atoms with Crippen molar-refractivity contribution in [2.75, 3.05) is 7.11 Å². The quantitative estimate of drug-likeness (QED) is 0.524. The summed E-state index contributed by atoms with van der Waals surface area (Å²) in [5.74, 6) is 0.459. The van der Waals surface area contributed by atoms with Crippen LogP contribution in [0.25, 0.3) is 11.0 Å². The molecule has 128 valence electrons. The van der Waals surface area contributed by atoms with E-state index in [4.69, 9.17) is 9.73 Å². The van der Waals surface area contributed by atoms with Crippen LogP contribution >= 0.6 is 0 Å². The monoisotopic (exact) mass is 342 g/mol. The highest BCUT2D eigenvalue weighted by atomic mass is 16.5. The lowest BCUT2D eigenvalue weighted by atomic mass is 10.0. The van der Waals surface area contributed by atoms with Gasteiger partial charge in [-0.25, -0.2) is 4.99 Å². The van der Waals surface area contributed by atoms with Crippen LogP contribution in [0.3, 0.4) is 0 Å². The first-order chi connectivity index (χ1) is 12.7. The van der Waals surface area contributed by atoms with Gasteiger partial charge in [-0.15, -0.1) is 0 Å². The van der Waals surface area contributed by atoms with E-state index in [0.717, 1.165) is 22.2 Å². The van der Waals surface area contributed by atoms with Crippen LogP contribution in [-0.2, 0) is 7.05 Å². The minimum Gasteiger partial charge on any atom is -0.479 e. The van der Waals surface area contributed by atoms with Gasteiger partial charge in [-0.2, -0.15) is 10.1 Å². The van der Waals surface area contributed by atoms with Gasteiger partial charge in [0.2, 0.25) is 5.88 Å². The summed E-state index contributed by atoms with van der Waals surface area (Å²) >= 11 is 0. The van der Waals surface area contributed by atoms with Crippen molar-refractivity contribution in [2.24, 2.45) is 12.0 Å². The van der Waals surface area contributed by atoms with Gasteiger partial charge in [-0.05, 0) is 6.07 Å². The number of methoxy groups -OCH3 is 1. The highest BCUT2D eigenvalue weighted by molar-refractivity contribution is 6.14. The highest BCUT2D eigenvalue weighted by Gasteiger charge is 2.13. The lowest BCUT2D eigenvalue weighted by molar-refractivity contribution is 0.401. The van der Waals surface area contributed by atoms with Crippen molar-refractivity contribution >= 4 is 22.4 Å². The highest BCUT2D eigenvalue weighted by Crippen LogP contribution is 2.30. The van der Waals surface area contributed by atoms with Gasteiger partial charge in [-0.1, -0.05) is 60.7 Å². The Morgan fingerprint density at radius 1 is 0.962 bits per heavy atom. The standard InChI is InChI=1S/C21H18N4O/c1-25-14-17-13-18(21(26-2)23-20(17)24-25)22-19(15-9-5-3-6-10-15)16-11-7-4-8-12-16/h3-14H,1-2H3. The molecule has 2 aromatic carbocycles. The molecule has 5 heteroatoms. The first-order valence-corrected chi connectivity index (χ1v) is 8.32. The van der Waals surface area contributed by atoms with Gasteiger partial charge in [0.15, 0.2) is 5.65 Å². The Kier molecular flexibility index (Phi) is 4.19. The summed E-state index contributed by atoms with van der Waals surface area (Å²) in [6, 6.07) is 22.2. The molecule has 0 N–H and O–H groups in total. The number of fused-ring (bicyclic) bond motifs is 1. The van der Waals surface area contributed by atoms with E-state index in [0.29, 0.717) is 17.2 Å². The fourth-order valence-corrected chi connectivity index (χ4v) is 2.88. The van der Waals surface area contributed by atoms with E-state index in [1.54, 1.807) is 11.8 Å². The second-order valence-electron chi connectivity index (χ2n) is 5.92. The number of benzene rings is 2. The van der Waals surface area contributed by atoms with Crippen LogP contribution in [0.1, 0.15) is 11.1 Å². The van der Waals surface area contributed by atoms with Crippen molar-refractivity contribution in [3.8, 4) is 5.88 Å². The lowest BCUT2D eigenvalue weighted by Gasteiger charge is -2.09. The number of aliphatic imine (C=N–C) groups is 1. The molecule has 0 unspecified atom stereocenters. The average Bonchev–Trinajstić information content (AvgIpc) is 3.05. The predicted molar refractivity (Wildman–Crippen MR) is 103 cm³/mol. The number of ether oxygens (including phenoxy) is 1. The Morgan fingerprint density at radius 3 is 2.15 bits per heavy atom. The Morgan fingerprint density at radius 2 is 1.58 bits per heavy atom. The van der Waals surface area contributed by atoms with E-state index in [-0.39, 0.29) is 0 Å². The molecule has 0 saturated heterocycles. The van der Waals surface area contributed by atoms with Crippen molar-refractivity contribution < 1.29 is 4.74 Å². The van der Waals surface area contributed by atoms with Gasteiger partial charge in [0, 0.05) is 29.8 Å². The number of hydrogen-bond donors (Lipinski definition) is 0. The molecule has 4 aromatic rings. The predicted octanol–water partition coefficient (Wildman–Crippen LogP) is 4.15. The van der Waals surface area contributed by atoms with Crippen molar-refractivity contribution in [2.45, 2.75) is 0 Å². The van der Waals surface area contributed by atoms with Gasteiger partial charge in [0.1, 0.15) is 5.69 Å². The number of nitrogens with zero attached hydrogens (tertiary/aromatic N) is 4. The molecule has 0 amide bonds. The average molecular weight is 342 g/mol. The summed E-state index contributed by atoms with van der Waals surface area (Å²) in [6.07, 6.45) is 1.92. The maximum atomic E-state index is 5.47. The number of pyridine rings is 1. The Bertz CT molecular complexity index is 1030. The minimum absolute atomic E-state index is 0.459. The Labute approximate surface area is 151 Å². The van der Waals surface area contributed by atoms with E-state index in [9.17, 15) is 0 Å². The van der Waals surface area contributed by atoms with Gasteiger partial charge in [0.05, 0.1) is 12.8 Å².